The molecule has 0 saturated carbocycles. The summed E-state index contributed by atoms with van der Waals surface area (Å²) < 4.78 is 36.3. The largest absolute Gasteiger partial charge is 0.370 e. The summed E-state index contributed by atoms with van der Waals surface area (Å²) in [6.45, 7) is 5.15. The van der Waals surface area contributed by atoms with Crippen molar-refractivity contribution in [3.8, 4) is 0 Å². The Labute approximate surface area is 158 Å². The van der Waals surface area contributed by atoms with Crippen molar-refractivity contribution in [1.82, 2.24) is 18.8 Å². The smallest absolute Gasteiger partial charge is 0.330 e. The zero-order valence-corrected chi connectivity index (χ0v) is 16.7. The molecule has 4 rings (SSSR count). The summed E-state index contributed by atoms with van der Waals surface area (Å²) in [6.07, 6.45) is 3.13. The van der Waals surface area contributed by atoms with Gasteiger partial charge in [-0.05, 0) is 19.4 Å². The molecule has 27 heavy (non-hydrogen) atoms. The SMILES string of the molecule is CCN1C[C@@H]2[C@H](CNS(=O)(=O)c3cn(C)c(=O)n(C)c3=O)[C@H]3CC[C@]2(C1)O3. The van der Waals surface area contributed by atoms with Crippen LogP contribution < -0.4 is 16.0 Å². The number of likely N-dealkylation sites (N-methyl/N-ethyl adjacent to an activating group) is 1. The number of likely N-dealkylation sites (tertiary alicyclic amines) is 1. The van der Waals surface area contributed by atoms with E-state index in [4.69, 9.17) is 4.74 Å². The number of nitrogens with one attached hydrogen (secondary N) is 1. The number of hydrogen-bond donors (Lipinski definition) is 1. The summed E-state index contributed by atoms with van der Waals surface area (Å²) >= 11 is 0. The van der Waals surface area contributed by atoms with Crippen LogP contribution in [0, 0.1) is 11.8 Å². The molecule has 1 N–H and O–H groups in total. The monoisotopic (exact) mass is 398 g/mol. The third-order valence-corrected chi connectivity index (χ3v) is 7.92. The van der Waals surface area contributed by atoms with Crippen LogP contribution in [0.15, 0.2) is 20.7 Å². The summed E-state index contributed by atoms with van der Waals surface area (Å²) in [5.41, 5.74) is -1.51. The Kier molecular flexibility index (Phi) is 4.37. The Morgan fingerprint density at radius 1 is 1.33 bits per heavy atom. The lowest BCUT2D eigenvalue weighted by atomic mass is 9.74. The predicted molar refractivity (Wildman–Crippen MR) is 98.0 cm³/mol. The molecule has 3 aliphatic rings. The van der Waals surface area contributed by atoms with Gasteiger partial charge in [0.2, 0.25) is 10.0 Å². The molecule has 2 bridgehead atoms. The molecule has 9 nitrogen and oxygen atoms in total. The average Bonchev–Trinajstić information content (AvgIpc) is 3.29. The molecule has 150 valence electrons. The van der Waals surface area contributed by atoms with E-state index in [0.717, 1.165) is 47.8 Å². The lowest BCUT2D eigenvalue weighted by molar-refractivity contribution is 0.00325. The second kappa shape index (κ2) is 6.26. The summed E-state index contributed by atoms with van der Waals surface area (Å²) in [5.74, 6) is 0.406. The van der Waals surface area contributed by atoms with Crippen molar-refractivity contribution < 1.29 is 13.2 Å². The number of fused-ring (bicyclic) bond motifs is 1. The fraction of sp³-hybridized carbons (Fsp3) is 0.765. The van der Waals surface area contributed by atoms with Gasteiger partial charge in [0.15, 0.2) is 4.90 Å². The fourth-order valence-electron chi connectivity index (χ4n) is 5.04. The Balaban J connectivity index is 1.56. The van der Waals surface area contributed by atoms with E-state index in [1.807, 2.05) is 0 Å². The molecule has 1 spiro atoms. The van der Waals surface area contributed by atoms with E-state index in [1.54, 1.807) is 0 Å². The fourth-order valence-corrected chi connectivity index (χ4v) is 6.27. The normalized spacial score (nSPS) is 32.9. The van der Waals surface area contributed by atoms with Crippen LogP contribution in [0.3, 0.4) is 0 Å². The molecule has 1 aromatic heterocycles. The molecule has 0 aromatic carbocycles. The topological polar surface area (TPSA) is 103 Å². The van der Waals surface area contributed by atoms with E-state index in [9.17, 15) is 18.0 Å². The van der Waals surface area contributed by atoms with Crippen molar-refractivity contribution in [3.63, 3.8) is 0 Å². The predicted octanol–water partition coefficient (Wildman–Crippen LogP) is -1.14. The van der Waals surface area contributed by atoms with E-state index in [-0.39, 0.29) is 24.2 Å². The van der Waals surface area contributed by atoms with Gasteiger partial charge in [-0.3, -0.25) is 9.36 Å². The maximum Gasteiger partial charge on any atom is 0.330 e. The molecule has 3 aliphatic heterocycles. The second-order valence-corrected chi connectivity index (χ2v) is 9.70. The van der Waals surface area contributed by atoms with Gasteiger partial charge in [-0.1, -0.05) is 6.92 Å². The van der Waals surface area contributed by atoms with E-state index < -0.39 is 26.2 Å². The van der Waals surface area contributed by atoms with Crippen molar-refractivity contribution >= 4 is 10.0 Å². The van der Waals surface area contributed by atoms with E-state index in [2.05, 4.69) is 16.5 Å². The van der Waals surface area contributed by atoms with Gasteiger partial charge >= 0.3 is 5.69 Å². The first-order valence-electron chi connectivity index (χ1n) is 9.35. The Morgan fingerprint density at radius 3 is 2.78 bits per heavy atom. The van der Waals surface area contributed by atoms with Crippen molar-refractivity contribution in [2.45, 2.75) is 36.4 Å². The molecular formula is C17H26N4O5S. The summed E-state index contributed by atoms with van der Waals surface area (Å²) in [5, 5.41) is 0. The van der Waals surface area contributed by atoms with E-state index in [0.29, 0.717) is 5.92 Å². The highest BCUT2D eigenvalue weighted by Crippen LogP contribution is 2.54. The number of hydrogen-bond acceptors (Lipinski definition) is 6. The number of aryl methyl sites for hydroxylation is 1. The van der Waals surface area contributed by atoms with Crippen molar-refractivity contribution in [2.75, 3.05) is 26.2 Å². The van der Waals surface area contributed by atoms with Gasteiger partial charge in [0.25, 0.3) is 5.56 Å². The molecule has 1 aromatic rings. The van der Waals surface area contributed by atoms with Crippen LogP contribution in [-0.2, 0) is 28.9 Å². The molecule has 3 saturated heterocycles. The summed E-state index contributed by atoms with van der Waals surface area (Å²) in [7, 11) is -1.32. The number of aromatic nitrogens is 2. The summed E-state index contributed by atoms with van der Waals surface area (Å²) in [6, 6.07) is 0. The molecule has 0 aliphatic carbocycles. The highest BCUT2D eigenvalue weighted by atomic mass is 32.2. The third-order valence-electron chi connectivity index (χ3n) is 6.52. The second-order valence-electron chi connectivity index (χ2n) is 7.96. The molecule has 10 heteroatoms. The lowest BCUT2D eigenvalue weighted by Crippen LogP contribution is -2.44. The van der Waals surface area contributed by atoms with E-state index >= 15 is 0 Å². The maximum absolute atomic E-state index is 12.8. The van der Waals surface area contributed by atoms with Gasteiger partial charge in [0, 0.05) is 51.8 Å². The molecular weight excluding hydrogens is 372 g/mol. The van der Waals surface area contributed by atoms with Crippen LogP contribution in [0.4, 0.5) is 0 Å². The standard InChI is InChI=1S/C17H26N4O5S/c1-4-21-8-12-11(13-5-6-17(12,10-21)26-13)7-18-27(24,25)14-9-19(2)16(23)20(3)15(14)22/h9,11-13,18H,4-8,10H2,1-3H3/t11-,12+,13+,17+/m0/s1. The van der Waals surface area contributed by atoms with Gasteiger partial charge in [0.1, 0.15) is 0 Å². The Bertz CT molecular complexity index is 984. The van der Waals surface area contributed by atoms with Gasteiger partial charge < -0.3 is 14.2 Å². The number of nitrogens with zero attached hydrogens (tertiary/aromatic N) is 3. The van der Waals surface area contributed by atoms with Crippen LogP contribution in [-0.4, -0.2) is 60.3 Å². The molecule has 0 radical (unpaired) electrons. The number of rotatable bonds is 5. The maximum atomic E-state index is 12.8. The minimum Gasteiger partial charge on any atom is -0.370 e. The van der Waals surface area contributed by atoms with Gasteiger partial charge in [-0.15, -0.1) is 0 Å². The zero-order chi connectivity index (χ0) is 19.6. The Hall–Kier alpha value is -1.49. The highest BCUT2D eigenvalue weighted by molar-refractivity contribution is 7.89. The quantitative estimate of drug-likeness (QED) is 0.673. The van der Waals surface area contributed by atoms with Crippen molar-refractivity contribution in [2.24, 2.45) is 25.9 Å². The van der Waals surface area contributed by atoms with Crippen LogP contribution in [0.25, 0.3) is 0 Å². The third kappa shape index (κ3) is 2.81. The first kappa shape index (κ1) is 18.9. The first-order valence-corrected chi connectivity index (χ1v) is 10.8. The number of ether oxygens (including phenoxy) is 1. The molecule has 4 atom stereocenters. The minimum atomic E-state index is -4.02. The molecule has 0 amide bonds. The first-order chi connectivity index (χ1) is 12.7. The Morgan fingerprint density at radius 2 is 2.07 bits per heavy atom. The lowest BCUT2D eigenvalue weighted by Gasteiger charge is -2.29. The molecule has 4 heterocycles. The van der Waals surface area contributed by atoms with Gasteiger partial charge in [-0.2, -0.15) is 0 Å². The van der Waals surface area contributed by atoms with Crippen LogP contribution in [0.1, 0.15) is 19.8 Å². The van der Waals surface area contributed by atoms with Crippen molar-refractivity contribution in [1.29, 1.82) is 0 Å². The molecule has 0 unspecified atom stereocenters. The van der Waals surface area contributed by atoms with Gasteiger partial charge in [-0.25, -0.2) is 17.9 Å². The highest BCUT2D eigenvalue weighted by Gasteiger charge is 2.62. The number of sulfonamides is 1. The van der Waals surface area contributed by atoms with E-state index in [1.165, 1.54) is 14.1 Å². The van der Waals surface area contributed by atoms with Crippen molar-refractivity contribution in [3.05, 3.63) is 27.0 Å². The summed E-state index contributed by atoms with van der Waals surface area (Å²) in [4.78, 5) is 26.0. The van der Waals surface area contributed by atoms with Crippen LogP contribution >= 0.6 is 0 Å². The van der Waals surface area contributed by atoms with Crippen LogP contribution in [0.5, 0.6) is 0 Å². The average molecular weight is 398 g/mol. The molecule has 3 fully saturated rings. The zero-order valence-electron chi connectivity index (χ0n) is 15.8. The van der Waals surface area contributed by atoms with Gasteiger partial charge in [0.05, 0.1) is 11.7 Å². The van der Waals surface area contributed by atoms with Crippen LogP contribution in [0.2, 0.25) is 0 Å². The minimum absolute atomic E-state index is 0.0691.